The SMILES string of the molecule is COc1ccc(Nc2c(S(=O)(=O)c3ccc(Cl)cc3)cnc3cc(OC)c(OC)cc23)cc1OC. The Labute approximate surface area is 208 Å². The molecule has 0 atom stereocenters. The molecule has 4 aromatic rings. The summed E-state index contributed by atoms with van der Waals surface area (Å²) in [6.07, 6.45) is 1.32. The average Bonchev–Trinajstić information content (AvgIpc) is 2.87. The highest BCUT2D eigenvalue weighted by atomic mass is 35.5. The minimum absolute atomic E-state index is 0.0191. The Morgan fingerprint density at radius 1 is 0.771 bits per heavy atom. The molecule has 1 heterocycles. The monoisotopic (exact) mass is 514 g/mol. The number of aromatic nitrogens is 1. The van der Waals surface area contributed by atoms with E-state index >= 15 is 0 Å². The van der Waals surface area contributed by atoms with Crippen molar-refractivity contribution in [3.8, 4) is 23.0 Å². The Morgan fingerprint density at radius 2 is 1.37 bits per heavy atom. The third-order valence-corrected chi connectivity index (χ3v) is 7.44. The van der Waals surface area contributed by atoms with Gasteiger partial charge in [-0.25, -0.2) is 8.42 Å². The van der Waals surface area contributed by atoms with Crippen LogP contribution in [-0.4, -0.2) is 41.8 Å². The van der Waals surface area contributed by atoms with Crippen molar-refractivity contribution in [2.24, 2.45) is 0 Å². The molecule has 1 N–H and O–H groups in total. The number of ether oxygens (including phenoxy) is 4. The topological polar surface area (TPSA) is 96.0 Å². The molecule has 4 rings (SSSR count). The van der Waals surface area contributed by atoms with E-state index in [0.29, 0.717) is 50.3 Å². The fourth-order valence-electron chi connectivity index (χ4n) is 3.63. The third kappa shape index (κ3) is 4.65. The molecular formula is C25H23ClN2O6S. The van der Waals surface area contributed by atoms with Gasteiger partial charge in [0.15, 0.2) is 23.0 Å². The number of anilines is 2. The van der Waals surface area contributed by atoms with Crippen molar-refractivity contribution >= 4 is 43.7 Å². The Balaban J connectivity index is 1.98. The summed E-state index contributed by atoms with van der Waals surface area (Å²) in [6.45, 7) is 0. The van der Waals surface area contributed by atoms with Crippen LogP contribution in [0, 0.1) is 0 Å². The molecule has 3 aromatic carbocycles. The lowest BCUT2D eigenvalue weighted by Gasteiger charge is -2.18. The zero-order valence-electron chi connectivity index (χ0n) is 19.5. The number of sulfone groups is 1. The molecule has 182 valence electrons. The van der Waals surface area contributed by atoms with Gasteiger partial charge in [0.25, 0.3) is 0 Å². The van der Waals surface area contributed by atoms with Crippen LogP contribution in [0.1, 0.15) is 0 Å². The van der Waals surface area contributed by atoms with Crippen LogP contribution in [0.25, 0.3) is 10.9 Å². The Kier molecular flexibility index (Phi) is 6.90. The summed E-state index contributed by atoms with van der Waals surface area (Å²) in [5.74, 6) is 1.92. The van der Waals surface area contributed by atoms with Crippen molar-refractivity contribution in [1.82, 2.24) is 4.98 Å². The first-order valence-electron chi connectivity index (χ1n) is 10.4. The Hall–Kier alpha value is -3.69. The number of fused-ring (bicyclic) bond motifs is 1. The van der Waals surface area contributed by atoms with Crippen LogP contribution in [0.5, 0.6) is 23.0 Å². The zero-order chi connectivity index (χ0) is 25.2. The normalized spacial score (nSPS) is 11.2. The predicted molar refractivity (Wildman–Crippen MR) is 135 cm³/mol. The standard InChI is InChI=1S/C25H23ClN2O6S/c1-31-20-10-7-16(11-21(20)32-2)28-25-18-12-22(33-3)23(34-4)13-19(18)27-14-24(25)35(29,30)17-8-5-15(26)6-9-17/h5-14H,1-4H3,(H,27,28). The van der Waals surface area contributed by atoms with E-state index in [1.807, 2.05) is 0 Å². The summed E-state index contributed by atoms with van der Waals surface area (Å²) in [7, 11) is 2.12. The predicted octanol–water partition coefficient (Wildman–Crippen LogP) is 5.50. The number of pyridine rings is 1. The van der Waals surface area contributed by atoms with E-state index in [2.05, 4.69) is 10.3 Å². The molecule has 0 fully saturated rings. The van der Waals surface area contributed by atoms with Gasteiger partial charge < -0.3 is 24.3 Å². The number of benzene rings is 3. The van der Waals surface area contributed by atoms with Gasteiger partial charge in [-0.2, -0.15) is 0 Å². The maximum Gasteiger partial charge on any atom is 0.210 e. The number of rotatable bonds is 8. The van der Waals surface area contributed by atoms with E-state index in [1.54, 1.807) is 30.3 Å². The number of methoxy groups -OCH3 is 4. The molecular weight excluding hydrogens is 492 g/mol. The van der Waals surface area contributed by atoms with E-state index in [-0.39, 0.29) is 9.79 Å². The van der Waals surface area contributed by atoms with Crippen LogP contribution in [0.4, 0.5) is 11.4 Å². The molecule has 0 unspecified atom stereocenters. The van der Waals surface area contributed by atoms with Crippen molar-refractivity contribution in [2.45, 2.75) is 9.79 Å². The quantitative estimate of drug-likeness (QED) is 0.329. The number of hydrogen-bond acceptors (Lipinski definition) is 8. The minimum Gasteiger partial charge on any atom is -0.493 e. The molecule has 0 aliphatic rings. The molecule has 35 heavy (non-hydrogen) atoms. The van der Waals surface area contributed by atoms with E-state index in [9.17, 15) is 8.42 Å². The first kappa shape index (κ1) is 24.4. The van der Waals surface area contributed by atoms with Crippen LogP contribution in [-0.2, 0) is 9.84 Å². The zero-order valence-corrected chi connectivity index (χ0v) is 21.0. The first-order valence-corrected chi connectivity index (χ1v) is 12.2. The van der Waals surface area contributed by atoms with Gasteiger partial charge >= 0.3 is 0 Å². The molecule has 0 amide bonds. The molecule has 0 saturated heterocycles. The summed E-state index contributed by atoms with van der Waals surface area (Å²) in [5, 5.41) is 4.19. The molecule has 0 aliphatic heterocycles. The molecule has 10 heteroatoms. The van der Waals surface area contributed by atoms with E-state index in [0.717, 1.165) is 0 Å². The second-order valence-electron chi connectivity index (χ2n) is 7.37. The lowest BCUT2D eigenvalue weighted by atomic mass is 10.1. The summed E-state index contributed by atoms with van der Waals surface area (Å²) >= 11 is 5.97. The van der Waals surface area contributed by atoms with Gasteiger partial charge in [0.2, 0.25) is 9.84 Å². The van der Waals surface area contributed by atoms with Gasteiger partial charge in [0, 0.05) is 34.4 Å². The fraction of sp³-hybridized carbons (Fsp3) is 0.160. The highest BCUT2D eigenvalue weighted by Crippen LogP contribution is 2.41. The lowest BCUT2D eigenvalue weighted by molar-refractivity contribution is 0.355. The fourth-order valence-corrected chi connectivity index (χ4v) is 5.13. The maximum absolute atomic E-state index is 13.7. The van der Waals surface area contributed by atoms with Crippen LogP contribution >= 0.6 is 11.6 Å². The van der Waals surface area contributed by atoms with Gasteiger partial charge in [-0.1, -0.05) is 11.6 Å². The van der Waals surface area contributed by atoms with Crippen molar-refractivity contribution in [2.75, 3.05) is 33.8 Å². The van der Waals surface area contributed by atoms with Crippen molar-refractivity contribution in [3.63, 3.8) is 0 Å². The summed E-state index contributed by atoms with van der Waals surface area (Å²) < 4.78 is 48.9. The molecule has 0 bridgehead atoms. The third-order valence-electron chi connectivity index (χ3n) is 5.40. The minimum atomic E-state index is -3.97. The Bertz CT molecular complexity index is 1490. The smallest absolute Gasteiger partial charge is 0.210 e. The van der Waals surface area contributed by atoms with Gasteiger partial charge in [0.05, 0.1) is 44.5 Å². The average molecular weight is 515 g/mol. The number of hydrogen-bond donors (Lipinski definition) is 1. The number of nitrogens with one attached hydrogen (secondary N) is 1. The van der Waals surface area contributed by atoms with Gasteiger partial charge in [-0.05, 0) is 42.5 Å². The largest absolute Gasteiger partial charge is 0.493 e. The maximum atomic E-state index is 13.7. The van der Waals surface area contributed by atoms with Crippen LogP contribution in [0.3, 0.4) is 0 Å². The lowest BCUT2D eigenvalue weighted by Crippen LogP contribution is -2.08. The van der Waals surface area contributed by atoms with Crippen molar-refractivity contribution in [3.05, 3.63) is 65.8 Å². The number of halogens is 1. The van der Waals surface area contributed by atoms with Crippen LogP contribution < -0.4 is 24.3 Å². The van der Waals surface area contributed by atoms with E-state index < -0.39 is 9.84 Å². The van der Waals surface area contributed by atoms with Gasteiger partial charge in [-0.15, -0.1) is 0 Å². The molecule has 1 aromatic heterocycles. The second kappa shape index (κ2) is 9.89. The van der Waals surface area contributed by atoms with E-state index in [1.165, 1.54) is 58.9 Å². The van der Waals surface area contributed by atoms with Crippen LogP contribution in [0.15, 0.2) is 70.6 Å². The van der Waals surface area contributed by atoms with Crippen molar-refractivity contribution in [1.29, 1.82) is 0 Å². The molecule has 0 spiro atoms. The van der Waals surface area contributed by atoms with Crippen LogP contribution in [0.2, 0.25) is 5.02 Å². The Morgan fingerprint density at radius 3 is 2.00 bits per heavy atom. The molecule has 0 saturated carbocycles. The second-order valence-corrected chi connectivity index (χ2v) is 9.73. The van der Waals surface area contributed by atoms with E-state index in [4.69, 9.17) is 30.5 Å². The van der Waals surface area contributed by atoms with Crippen molar-refractivity contribution < 1.29 is 27.4 Å². The molecule has 0 aliphatic carbocycles. The molecule has 0 radical (unpaired) electrons. The highest BCUT2D eigenvalue weighted by molar-refractivity contribution is 7.91. The van der Waals surface area contributed by atoms with Gasteiger partial charge in [0.1, 0.15) is 4.90 Å². The summed E-state index contributed by atoms with van der Waals surface area (Å²) in [5.41, 5.74) is 1.41. The summed E-state index contributed by atoms with van der Waals surface area (Å²) in [4.78, 5) is 4.48. The first-order chi connectivity index (χ1) is 16.8. The highest BCUT2D eigenvalue weighted by Gasteiger charge is 2.25. The summed E-state index contributed by atoms with van der Waals surface area (Å²) in [6, 6.07) is 14.5. The molecule has 8 nitrogen and oxygen atoms in total. The number of nitrogens with zero attached hydrogens (tertiary/aromatic N) is 1. The van der Waals surface area contributed by atoms with Gasteiger partial charge in [-0.3, -0.25) is 4.98 Å².